The van der Waals surface area contributed by atoms with Gasteiger partial charge in [-0.05, 0) is 24.2 Å². The lowest BCUT2D eigenvalue weighted by atomic mass is 10.1. The third-order valence-corrected chi connectivity index (χ3v) is 2.38. The molecule has 0 aromatic rings. The molecule has 0 aromatic heterocycles. The van der Waals surface area contributed by atoms with Crippen LogP contribution in [0.15, 0.2) is 12.2 Å². The van der Waals surface area contributed by atoms with Gasteiger partial charge in [-0.15, -0.1) is 0 Å². The monoisotopic (exact) mass is 94.1 g/mol. The third kappa shape index (κ3) is 0.324. The zero-order valence-electron chi connectivity index (χ0n) is 4.65. The fraction of sp³-hybridized carbons (Fsp3) is 0.714. The molecule has 0 bridgehead atoms. The molecule has 0 nitrogen and oxygen atoms in total. The Kier molecular flexibility index (Phi) is 0.421. The summed E-state index contributed by atoms with van der Waals surface area (Å²) in [6.07, 6.45) is 7.51. The van der Waals surface area contributed by atoms with Gasteiger partial charge in [0.25, 0.3) is 0 Å². The topological polar surface area (TPSA) is 0 Å². The Morgan fingerprint density at radius 1 is 1.71 bits per heavy atom. The van der Waals surface area contributed by atoms with Crippen LogP contribution in [-0.2, 0) is 0 Å². The van der Waals surface area contributed by atoms with Gasteiger partial charge in [-0.1, -0.05) is 19.1 Å². The van der Waals surface area contributed by atoms with Gasteiger partial charge in [-0.2, -0.15) is 0 Å². The largest absolute Gasteiger partial charge is 0.0877 e. The van der Waals surface area contributed by atoms with E-state index < -0.39 is 0 Å². The molecule has 0 aromatic carbocycles. The molecule has 38 valence electrons. The summed E-state index contributed by atoms with van der Waals surface area (Å²) in [5.74, 6) is 1.05. The molecular weight excluding hydrogens is 84.1 g/mol. The average Bonchev–Trinajstić information content (AvgIpc) is 2.09. The van der Waals surface area contributed by atoms with Crippen LogP contribution in [0.1, 0.15) is 19.8 Å². The molecule has 1 unspecified atom stereocenters. The lowest BCUT2D eigenvalue weighted by Gasteiger charge is -1.91. The first-order chi connectivity index (χ1) is 3.31. The van der Waals surface area contributed by atoms with Crippen molar-refractivity contribution in [2.75, 3.05) is 0 Å². The fourth-order valence-electron chi connectivity index (χ4n) is 1.53. The summed E-state index contributed by atoms with van der Waals surface area (Å²) in [5.41, 5.74) is 0.681. The van der Waals surface area contributed by atoms with Crippen molar-refractivity contribution in [1.82, 2.24) is 0 Å². The van der Waals surface area contributed by atoms with E-state index in [1.165, 1.54) is 12.8 Å². The molecule has 0 amide bonds. The van der Waals surface area contributed by atoms with Gasteiger partial charge in [0.05, 0.1) is 0 Å². The van der Waals surface area contributed by atoms with Crippen LogP contribution in [0.25, 0.3) is 0 Å². The Labute approximate surface area is 44.2 Å². The summed E-state index contributed by atoms with van der Waals surface area (Å²) >= 11 is 0. The van der Waals surface area contributed by atoms with Crippen LogP contribution in [0, 0.1) is 11.3 Å². The van der Waals surface area contributed by atoms with Crippen LogP contribution in [0.4, 0.5) is 0 Å². The second-order valence-electron chi connectivity index (χ2n) is 3.04. The predicted molar refractivity (Wildman–Crippen MR) is 30.0 cm³/mol. The number of hydrogen-bond donors (Lipinski definition) is 0. The fourth-order valence-corrected chi connectivity index (χ4v) is 1.53. The molecule has 0 heteroatoms. The Balaban J connectivity index is 2.32. The van der Waals surface area contributed by atoms with Crippen LogP contribution in [0.5, 0.6) is 0 Å². The van der Waals surface area contributed by atoms with Gasteiger partial charge in [0.1, 0.15) is 0 Å². The maximum absolute atomic E-state index is 2.37. The number of rotatable bonds is 0. The van der Waals surface area contributed by atoms with Crippen molar-refractivity contribution in [3.8, 4) is 0 Å². The van der Waals surface area contributed by atoms with Crippen LogP contribution >= 0.6 is 0 Å². The minimum absolute atomic E-state index is 0.681. The second-order valence-corrected chi connectivity index (χ2v) is 3.04. The molecular formula is C7H10. The molecule has 0 radical (unpaired) electrons. The van der Waals surface area contributed by atoms with Crippen molar-refractivity contribution in [3.05, 3.63) is 12.2 Å². The molecule has 0 spiro atoms. The normalized spacial score (nSPS) is 54.7. The summed E-state index contributed by atoms with van der Waals surface area (Å²) < 4.78 is 0. The van der Waals surface area contributed by atoms with Gasteiger partial charge in [-0.25, -0.2) is 0 Å². The van der Waals surface area contributed by atoms with Crippen LogP contribution in [0.3, 0.4) is 0 Å². The quantitative estimate of drug-likeness (QED) is 0.402. The van der Waals surface area contributed by atoms with Gasteiger partial charge in [0, 0.05) is 0 Å². The molecule has 2 atom stereocenters. The van der Waals surface area contributed by atoms with E-state index >= 15 is 0 Å². The van der Waals surface area contributed by atoms with E-state index in [0.717, 1.165) is 5.92 Å². The average molecular weight is 94.2 g/mol. The van der Waals surface area contributed by atoms with Crippen LogP contribution in [-0.4, -0.2) is 0 Å². The Morgan fingerprint density at radius 3 is 2.71 bits per heavy atom. The Morgan fingerprint density at radius 2 is 2.57 bits per heavy atom. The van der Waals surface area contributed by atoms with E-state index in [2.05, 4.69) is 19.1 Å². The molecule has 2 aliphatic rings. The van der Waals surface area contributed by atoms with Gasteiger partial charge >= 0.3 is 0 Å². The van der Waals surface area contributed by atoms with Gasteiger partial charge < -0.3 is 0 Å². The van der Waals surface area contributed by atoms with Crippen molar-refractivity contribution in [1.29, 1.82) is 0 Å². The summed E-state index contributed by atoms with van der Waals surface area (Å²) in [6, 6.07) is 0. The van der Waals surface area contributed by atoms with Crippen LogP contribution < -0.4 is 0 Å². The molecule has 0 saturated heterocycles. The van der Waals surface area contributed by atoms with Crippen molar-refractivity contribution >= 4 is 0 Å². The zero-order chi connectivity index (χ0) is 4.91. The first-order valence-corrected chi connectivity index (χ1v) is 2.99. The standard InChI is InChI=1S/C7H10/c1-7-4-2-3-6(7)5-7/h2,4,6H,3,5H2,1H3/t6-,7?/m1/s1. The summed E-state index contributed by atoms with van der Waals surface area (Å²) in [4.78, 5) is 0. The van der Waals surface area contributed by atoms with Crippen molar-refractivity contribution in [2.24, 2.45) is 11.3 Å². The Bertz CT molecular complexity index is 124. The first-order valence-electron chi connectivity index (χ1n) is 2.99. The third-order valence-electron chi connectivity index (χ3n) is 2.38. The summed E-state index contributed by atoms with van der Waals surface area (Å²) in [7, 11) is 0. The smallest absolute Gasteiger partial charge is 0.0112 e. The molecule has 0 heterocycles. The van der Waals surface area contributed by atoms with Crippen LogP contribution in [0.2, 0.25) is 0 Å². The van der Waals surface area contributed by atoms with E-state index in [1.807, 2.05) is 0 Å². The summed E-state index contributed by atoms with van der Waals surface area (Å²) in [6.45, 7) is 2.35. The molecule has 1 saturated carbocycles. The Hall–Kier alpha value is -0.260. The minimum Gasteiger partial charge on any atom is -0.0877 e. The van der Waals surface area contributed by atoms with Gasteiger partial charge in [-0.3, -0.25) is 0 Å². The molecule has 1 fully saturated rings. The van der Waals surface area contributed by atoms with E-state index in [-0.39, 0.29) is 0 Å². The number of hydrogen-bond acceptors (Lipinski definition) is 0. The number of allylic oxidation sites excluding steroid dienone is 2. The minimum atomic E-state index is 0.681. The summed E-state index contributed by atoms with van der Waals surface area (Å²) in [5, 5.41) is 0. The maximum Gasteiger partial charge on any atom is -0.0112 e. The van der Waals surface area contributed by atoms with Crippen molar-refractivity contribution in [3.63, 3.8) is 0 Å². The lowest BCUT2D eigenvalue weighted by molar-refractivity contribution is 0.673. The molecule has 2 aliphatic carbocycles. The zero-order valence-corrected chi connectivity index (χ0v) is 4.65. The van der Waals surface area contributed by atoms with Crippen molar-refractivity contribution in [2.45, 2.75) is 19.8 Å². The molecule has 2 rings (SSSR count). The lowest BCUT2D eigenvalue weighted by Crippen LogP contribution is -1.82. The van der Waals surface area contributed by atoms with E-state index in [1.54, 1.807) is 0 Å². The first kappa shape index (κ1) is 3.71. The van der Waals surface area contributed by atoms with Gasteiger partial charge in [0.2, 0.25) is 0 Å². The van der Waals surface area contributed by atoms with E-state index in [0.29, 0.717) is 5.41 Å². The highest BCUT2D eigenvalue weighted by molar-refractivity contribution is 5.19. The molecule has 7 heavy (non-hydrogen) atoms. The molecule has 0 aliphatic heterocycles. The highest BCUT2D eigenvalue weighted by Gasteiger charge is 2.49. The second kappa shape index (κ2) is 0.795. The van der Waals surface area contributed by atoms with Crippen molar-refractivity contribution < 1.29 is 0 Å². The highest BCUT2D eigenvalue weighted by Crippen LogP contribution is 2.59. The molecule has 0 N–H and O–H groups in total. The highest BCUT2D eigenvalue weighted by atomic mass is 14.5. The maximum atomic E-state index is 2.37. The SMILES string of the molecule is CC12C=CC[C@@H]1C2. The van der Waals surface area contributed by atoms with E-state index in [9.17, 15) is 0 Å². The van der Waals surface area contributed by atoms with Gasteiger partial charge in [0.15, 0.2) is 0 Å². The predicted octanol–water partition coefficient (Wildman–Crippen LogP) is 1.97. The van der Waals surface area contributed by atoms with E-state index in [4.69, 9.17) is 0 Å². The number of fused-ring (bicyclic) bond motifs is 1.